The fourth-order valence-corrected chi connectivity index (χ4v) is 4.13. The van der Waals surface area contributed by atoms with Gasteiger partial charge in [-0.05, 0) is 48.0 Å². The lowest BCUT2D eigenvalue weighted by Gasteiger charge is -2.26. The van der Waals surface area contributed by atoms with E-state index in [-0.39, 0.29) is 27.6 Å². The predicted octanol–water partition coefficient (Wildman–Crippen LogP) is 5.58. The highest BCUT2D eigenvalue weighted by Gasteiger charge is 2.47. The summed E-state index contributed by atoms with van der Waals surface area (Å²) >= 11 is 6.16. The Kier molecular flexibility index (Phi) is 6.55. The van der Waals surface area contributed by atoms with Crippen LogP contribution in [0.25, 0.3) is 5.76 Å². The summed E-state index contributed by atoms with van der Waals surface area (Å²) in [5, 5.41) is 21.0. The average molecular weight is 520 g/mol. The minimum absolute atomic E-state index is 0.0799. The molecule has 11 heteroatoms. The van der Waals surface area contributed by atoms with E-state index in [0.29, 0.717) is 11.3 Å². The van der Waals surface area contributed by atoms with Gasteiger partial charge in [-0.25, -0.2) is 0 Å². The third kappa shape index (κ3) is 4.80. The Balaban J connectivity index is 1.90. The van der Waals surface area contributed by atoms with Crippen LogP contribution in [0.15, 0.2) is 72.3 Å². The number of aromatic hydroxyl groups is 1. The van der Waals surface area contributed by atoms with Gasteiger partial charge in [0.1, 0.15) is 23.0 Å². The fraction of sp³-hybridized carbons (Fsp3) is 0.120. The molecule has 1 fully saturated rings. The molecule has 0 radical (unpaired) electrons. The SMILES string of the molecule is COc1ccc(/C(O)=C2\C(=O)C(=O)N(c3cccc(OC(F)(F)F)c3)C2c2ccc(O)cc2)cc1Cl. The number of carbonyl (C=O) groups is 2. The summed E-state index contributed by atoms with van der Waals surface area (Å²) in [5.74, 6) is -3.10. The van der Waals surface area contributed by atoms with Crippen LogP contribution >= 0.6 is 11.6 Å². The highest BCUT2D eigenvalue weighted by atomic mass is 35.5. The Morgan fingerprint density at radius 1 is 1.03 bits per heavy atom. The number of Topliss-reactive ketones (excluding diaryl/α,β-unsaturated/α-hetero) is 1. The monoisotopic (exact) mass is 519 g/mol. The fourth-order valence-electron chi connectivity index (χ4n) is 3.87. The predicted molar refractivity (Wildman–Crippen MR) is 124 cm³/mol. The molecular formula is C25H17ClF3NO6. The number of hydrogen-bond acceptors (Lipinski definition) is 6. The lowest BCUT2D eigenvalue weighted by Crippen LogP contribution is -2.29. The van der Waals surface area contributed by atoms with Gasteiger partial charge in [0.15, 0.2) is 0 Å². The maximum absolute atomic E-state index is 13.1. The lowest BCUT2D eigenvalue weighted by molar-refractivity contribution is -0.274. The quantitative estimate of drug-likeness (QED) is 0.259. The van der Waals surface area contributed by atoms with Crippen molar-refractivity contribution in [1.82, 2.24) is 0 Å². The molecule has 1 atom stereocenters. The van der Waals surface area contributed by atoms with Gasteiger partial charge in [0, 0.05) is 17.3 Å². The van der Waals surface area contributed by atoms with Gasteiger partial charge in [0.25, 0.3) is 11.7 Å². The summed E-state index contributed by atoms with van der Waals surface area (Å²) in [5.41, 5.74) is 0.00448. The van der Waals surface area contributed by atoms with Crippen LogP contribution in [0.4, 0.5) is 18.9 Å². The van der Waals surface area contributed by atoms with E-state index in [1.807, 2.05) is 0 Å². The molecule has 1 aliphatic rings. The van der Waals surface area contributed by atoms with Crippen molar-refractivity contribution in [2.45, 2.75) is 12.4 Å². The number of benzene rings is 3. The lowest BCUT2D eigenvalue weighted by atomic mass is 9.95. The molecule has 186 valence electrons. The molecule has 2 N–H and O–H groups in total. The van der Waals surface area contributed by atoms with Crippen LogP contribution < -0.4 is 14.4 Å². The van der Waals surface area contributed by atoms with Crippen molar-refractivity contribution in [3.63, 3.8) is 0 Å². The molecule has 1 heterocycles. The Morgan fingerprint density at radius 3 is 2.33 bits per heavy atom. The van der Waals surface area contributed by atoms with Crippen LogP contribution in [-0.2, 0) is 9.59 Å². The van der Waals surface area contributed by atoms with E-state index in [9.17, 15) is 33.0 Å². The van der Waals surface area contributed by atoms with Gasteiger partial charge in [-0.2, -0.15) is 0 Å². The number of methoxy groups -OCH3 is 1. The maximum Gasteiger partial charge on any atom is 0.573 e. The van der Waals surface area contributed by atoms with E-state index in [1.165, 1.54) is 61.7 Å². The zero-order valence-electron chi connectivity index (χ0n) is 18.4. The molecular weight excluding hydrogens is 503 g/mol. The molecule has 0 saturated carbocycles. The normalized spacial score (nSPS) is 17.4. The van der Waals surface area contributed by atoms with E-state index >= 15 is 0 Å². The number of rotatable bonds is 5. The molecule has 7 nitrogen and oxygen atoms in total. The van der Waals surface area contributed by atoms with Gasteiger partial charge in [-0.15, -0.1) is 13.2 Å². The minimum Gasteiger partial charge on any atom is -0.508 e. The number of hydrogen-bond donors (Lipinski definition) is 2. The zero-order valence-corrected chi connectivity index (χ0v) is 19.2. The molecule has 0 spiro atoms. The molecule has 4 rings (SSSR count). The van der Waals surface area contributed by atoms with Crippen molar-refractivity contribution >= 4 is 34.7 Å². The van der Waals surface area contributed by atoms with Crippen molar-refractivity contribution in [2.75, 3.05) is 12.0 Å². The number of ether oxygens (including phenoxy) is 2. The summed E-state index contributed by atoms with van der Waals surface area (Å²) in [6.45, 7) is 0. The maximum atomic E-state index is 13.1. The van der Waals surface area contributed by atoms with Crippen LogP contribution in [0, 0.1) is 0 Å². The van der Waals surface area contributed by atoms with E-state index < -0.39 is 35.6 Å². The molecule has 36 heavy (non-hydrogen) atoms. The van der Waals surface area contributed by atoms with Gasteiger partial charge in [-0.3, -0.25) is 14.5 Å². The Bertz CT molecular complexity index is 1370. The molecule has 1 aliphatic heterocycles. The van der Waals surface area contributed by atoms with Gasteiger partial charge in [0.2, 0.25) is 0 Å². The molecule has 3 aromatic carbocycles. The van der Waals surface area contributed by atoms with Crippen LogP contribution in [0.1, 0.15) is 17.2 Å². The van der Waals surface area contributed by atoms with Crippen molar-refractivity contribution < 1.29 is 42.4 Å². The number of halogens is 4. The van der Waals surface area contributed by atoms with Crippen molar-refractivity contribution in [3.05, 3.63) is 88.5 Å². The third-order valence-corrected chi connectivity index (χ3v) is 5.70. The second-order valence-corrected chi connectivity index (χ2v) is 8.06. The topological polar surface area (TPSA) is 96.3 Å². The van der Waals surface area contributed by atoms with E-state index in [1.54, 1.807) is 0 Å². The average Bonchev–Trinajstić information content (AvgIpc) is 3.08. The second-order valence-electron chi connectivity index (χ2n) is 7.66. The summed E-state index contributed by atoms with van der Waals surface area (Å²) in [6.07, 6.45) is -4.98. The first-order chi connectivity index (χ1) is 17.0. The largest absolute Gasteiger partial charge is 0.573 e. The van der Waals surface area contributed by atoms with Crippen molar-refractivity contribution in [2.24, 2.45) is 0 Å². The molecule has 1 saturated heterocycles. The summed E-state index contributed by atoms with van der Waals surface area (Å²) in [6, 6.07) is 13.0. The number of phenolic OH excluding ortho intramolecular Hbond substituents is 1. The number of ketones is 1. The summed E-state index contributed by atoms with van der Waals surface area (Å²) < 4.78 is 47.4. The number of anilines is 1. The first-order valence-corrected chi connectivity index (χ1v) is 10.7. The van der Waals surface area contributed by atoms with E-state index in [4.69, 9.17) is 16.3 Å². The number of nitrogens with zero attached hydrogens (tertiary/aromatic N) is 1. The van der Waals surface area contributed by atoms with Crippen LogP contribution in [-0.4, -0.2) is 35.4 Å². The highest BCUT2D eigenvalue weighted by Crippen LogP contribution is 2.44. The van der Waals surface area contributed by atoms with Gasteiger partial charge < -0.3 is 19.7 Å². The first-order valence-electron chi connectivity index (χ1n) is 10.3. The van der Waals surface area contributed by atoms with E-state index in [0.717, 1.165) is 17.0 Å². The smallest absolute Gasteiger partial charge is 0.508 e. The highest BCUT2D eigenvalue weighted by molar-refractivity contribution is 6.51. The number of phenols is 1. The van der Waals surface area contributed by atoms with Crippen molar-refractivity contribution in [1.29, 1.82) is 0 Å². The molecule has 0 aliphatic carbocycles. The Labute approximate surface area is 207 Å². The van der Waals surface area contributed by atoms with E-state index in [2.05, 4.69) is 4.74 Å². The molecule has 1 amide bonds. The number of alkyl halides is 3. The minimum atomic E-state index is -4.98. The molecule has 3 aromatic rings. The standard InChI is InChI=1S/C25H17ClF3NO6/c1-35-19-10-7-14(11-18(19)26)22(32)20-21(13-5-8-16(31)9-6-13)30(24(34)23(20)33)15-3-2-4-17(12-15)36-25(27,28)29/h2-12,21,31-32H,1H3/b22-20+. The molecule has 0 aromatic heterocycles. The van der Waals surface area contributed by atoms with Crippen LogP contribution in [0.2, 0.25) is 5.02 Å². The van der Waals surface area contributed by atoms with Crippen LogP contribution in [0.3, 0.4) is 0 Å². The van der Waals surface area contributed by atoms with Gasteiger partial charge in [0.05, 0.1) is 23.7 Å². The zero-order chi connectivity index (χ0) is 26.2. The number of aliphatic hydroxyl groups is 1. The van der Waals surface area contributed by atoms with Crippen LogP contribution in [0.5, 0.6) is 17.2 Å². The third-order valence-electron chi connectivity index (χ3n) is 5.41. The first kappa shape index (κ1) is 24.9. The molecule has 1 unspecified atom stereocenters. The van der Waals surface area contributed by atoms with Gasteiger partial charge in [-0.1, -0.05) is 29.8 Å². The van der Waals surface area contributed by atoms with Gasteiger partial charge >= 0.3 is 6.36 Å². The number of carbonyl (C=O) groups excluding carboxylic acids is 2. The summed E-state index contributed by atoms with van der Waals surface area (Å²) in [7, 11) is 1.40. The number of aliphatic hydroxyl groups excluding tert-OH is 1. The molecule has 0 bridgehead atoms. The second kappa shape index (κ2) is 9.46. The Morgan fingerprint density at radius 2 is 1.72 bits per heavy atom. The summed E-state index contributed by atoms with van der Waals surface area (Å²) in [4.78, 5) is 27.2. The Hall–Kier alpha value is -4.18. The van der Waals surface area contributed by atoms with Crippen molar-refractivity contribution in [3.8, 4) is 17.2 Å². The number of amides is 1.